The third-order valence-corrected chi connectivity index (χ3v) is 3.58. The molecule has 1 atom stereocenters. The van der Waals surface area contributed by atoms with Crippen LogP contribution in [0.25, 0.3) is 0 Å². The fraction of sp³-hybridized carbons (Fsp3) is 0.538. The van der Waals surface area contributed by atoms with Crippen LogP contribution in [0.3, 0.4) is 0 Å². The number of nitrogens with one attached hydrogen (secondary N) is 1. The summed E-state index contributed by atoms with van der Waals surface area (Å²) >= 11 is 0. The zero-order valence-electron chi connectivity index (χ0n) is 9.12. The Morgan fingerprint density at radius 2 is 2.13 bits per heavy atom. The molecule has 0 spiro atoms. The molecule has 0 aromatic heterocycles. The SMILES string of the molecule is COc1cccc2c1NC(C1CC1)CC2. The van der Waals surface area contributed by atoms with Gasteiger partial charge < -0.3 is 10.1 Å². The Labute approximate surface area is 90.6 Å². The molecule has 0 saturated heterocycles. The molecule has 0 radical (unpaired) electrons. The second-order valence-corrected chi connectivity index (χ2v) is 4.62. The molecule has 3 rings (SSSR count). The first kappa shape index (κ1) is 9.08. The molecule has 0 amide bonds. The predicted molar refractivity (Wildman–Crippen MR) is 61.4 cm³/mol. The van der Waals surface area contributed by atoms with Crippen LogP contribution in [0.15, 0.2) is 18.2 Å². The summed E-state index contributed by atoms with van der Waals surface area (Å²) in [5.41, 5.74) is 2.65. The van der Waals surface area contributed by atoms with Crippen molar-refractivity contribution < 1.29 is 4.74 Å². The van der Waals surface area contributed by atoms with Gasteiger partial charge in [0.25, 0.3) is 0 Å². The number of hydrogen-bond donors (Lipinski definition) is 1. The minimum absolute atomic E-state index is 0.689. The summed E-state index contributed by atoms with van der Waals surface area (Å²) in [7, 11) is 1.75. The molecule has 80 valence electrons. The fourth-order valence-corrected chi connectivity index (χ4v) is 2.54. The van der Waals surface area contributed by atoms with Gasteiger partial charge in [0.05, 0.1) is 12.8 Å². The van der Waals surface area contributed by atoms with Crippen molar-refractivity contribution in [2.45, 2.75) is 31.7 Å². The molecule has 1 saturated carbocycles. The second kappa shape index (κ2) is 3.44. The van der Waals surface area contributed by atoms with Gasteiger partial charge in [-0.15, -0.1) is 0 Å². The van der Waals surface area contributed by atoms with Crippen LogP contribution in [0.1, 0.15) is 24.8 Å². The molecule has 1 heterocycles. The van der Waals surface area contributed by atoms with Gasteiger partial charge in [0.1, 0.15) is 5.75 Å². The molecular formula is C13H17NO. The number of hydrogen-bond acceptors (Lipinski definition) is 2. The van der Waals surface area contributed by atoms with E-state index < -0.39 is 0 Å². The van der Waals surface area contributed by atoms with Crippen molar-refractivity contribution >= 4 is 5.69 Å². The highest BCUT2D eigenvalue weighted by atomic mass is 16.5. The fourth-order valence-electron chi connectivity index (χ4n) is 2.54. The average Bonchev–Trinajstić information content (AvgIpc) is 3.11. The summed E-state index contributed by atoms with van der Waals surface area (Å²) in [4.78, 5) is 0. The van der Waals surface area contributed by atoms with Gasteiger partial charge in [-0.2, -0.15) is 0 Å². The first-order valence-electron chi connectivity index (χ1n) is 5.81. The maximum absolute atomic E-state index is 5.40. The molecule has 1 aliphatic heterocycles. The monoisotopic (exact) mass is 203 g/mol. The van der Waals surface area contributed by atoms with E-state index in [2.05, 4.69) is 17.4 Å². The van der Waals surface area contributed by atoms with Gasteiger partial charge in [0.15, 0.2) is 0 Å². The summed E-state index contributed by atoms with van der Waals surface area (Å²) in [5, 5.41) is 3.65. The second-order valence-electron chi connectivity index (χ2n) is 4.62. The highest BCUT2D eigenvalue weighted by molar-refractivity contribution is 5.64. The van der Waals surface area contributed by atoms with Crippen molar-refractivity contribution in [1.82, 2.24) is 0 Å². The zero-order valence-corrected chi connectivity index (χ0v) is 9.12. The van der Waals surface area contributed by atoms with E-state index >= 15 is 0 Å². The van der Waals surface area contributed by atoms with Crippen LogP contribution in [0, 0.1) is 5.92 Å². The van der Waals surface area contributed by atoms with Gasteiger partial charge in [-0.25, -0.2) is 0 Å². The Morgan fingerprint density at radius 1 is 1.27 bits per heavy atom. The topological polar surface area (TPSA) is 21.3 Å². The Morgan fingerprint density at radius 3 is 2.87 bits per heavy atom. The van der Waals surface area contributed by atoms with E-state index in [0.29, 0.717) is 6.04 Å². The minimum atomic E-state index is 0.689. The number of aryl methyl sites for hydroxylation is 1. The lowest BCUT2D eigenvalue weighted by molar-refractivity contribution is 0.413. The Bertz CT molecular complexity index is 357. The van der Waals surface area contributed by atoms with Crippen LogP contribution in [0.2, 0.25) is 0 Å². The van der Waals surface area contributed by atoms with Crippen molar-refractivity contribution in [2.75, 3.05) is 12.4 Å². The molecule has 1 aromatic carbocycles. The summed E-state index contributed by atoms with van der Waals surface area (Å²) in [6.07, 6.45) is 5.29. The maximum atomic E-state index is 5.40. The smallest absolute Gasteiger partial charge is 0.142 e. The molecule has 2 nitrogen and oxygen atoms in total. The number of ether oxygens (including phenoxy) is 1. The summed E-state index contributed by atoms with van der Waals surface area (Å²) in [5.74, 6) is 1.92. The van der Waals surface area contributed by atoms with E-state index in [1.54, 1.807) is 7.11 Å². The summed E-state index contributed by atoms with van der Waals surface area (Å²) in [6, 6.07) is 7.01. The third kappa shape index (κ3) is 1.58. The van der Waals surface area contributed by atoms with E-state index in [4.69, 9.17) is 4.74 Å². The number of methoxy groups -OCH3 is 1. The lowest BCUT2D eigenvalue weighted by atomic mass is 9.95. The van der Waals surface area contributed by atoms with Crippen molar-refractivity contribution in [3.63, 3.8) is 0 Å². The Kier molecular flexibility index (Phi) is 2.08. The van der Waals surface area contributed by atoms with Gasteiger partial charge in [-0.3, -0.25) is 0 Å². The molecule has 1 unspecified atom stereocenters. The predicted octanol–water partition coefficient (Wildman–Crippen LogP) is 2.83. The Balaban J connectivity index is 1.91. The highest BCUT2D eigenvalue weighted by Gasteiger charge is 2.33. The van der Waals surface area contributed by atoms with Crippen LogP contribution in [-0.2, 0) is 6.42 Å². The highest BCUT2D eigenvalue weighted by Crippen LogP contribution is 2.41. The lowest BCUT2D eigenvalue weighted by Crippen LogP contribution is -2.27. The number of benzene rings is 1. The van der Waals surface area contributed by atoms with Crippen molar-refractivity contribution in [1.29, 1.82) is 0 Å². The number of fused-ring (bicyclic) bond motifs is 1. The minimum Gasteiger partial charge on any atom is -0.495 e. The summed E-state index contributed by atoms with van der Waals surface area (Å²) < 4.78 is 5.40. The van der Waals surface area contributed by atoms with Crippen LogP contribution in [-0.4, -0.2) is 13.2 Å². The van der Waals surface area contributed by atoms with Crippen molar-refractivity contribution in [2.24, 2.45) is 5.92 Å². The van der Waals surface area contributed by atoms with E-state index in [9.17, 15) is 0 Å². The van der Waals surface area contributed by atoms with Gasteiger partial charge in [0, 0.05) is 6.04 Å². The van der Waals surface area contributed by atoms with Gasteiger partial charge in [0.2, 0.25) is 0 Å². The van der Waals surface area contributed by atoms with E-state index in [1.807, 2.05) is 6.07 Å². The first-order chi connectivity index (χ1) is 7.38. The van der Waals surface area contributed by atoms with E-state index in [-0.39, 0.29) is 0 Å². The van der Waals surface area contributed by atoms with E-state index in [0.717, 1.165) is 11.7 Å². The molecule has 1 aliphatic carbocycles. The molecule has 0 bridgehead atoms. The molecule has 2 heteroatoms. The zero-order chi connectivity index (χ0) is 10.3. The molecule has 1 N–H and O–H groups in total. The summed E-state index contributed by atoms with van der Waals surface area (Å²) in [6.45, 7) is 0. The van der Waals surface area contributed by atoms with E-state index in [1.165, 1.54) is 36.9 Å². The van der Waals surface area contributed by atoms with Crippen molar-refractivity contribution in [3.8, 4) is 5.75 Å². The first-order valence-corrected chi connectivity index (χ1v) is 5.81. The van der Waals surface area contributed by atoms with Gasteiger partial charge >= 0.3 is 0 Å². The van der Waals surface area contributed by atoms with Crippen molar-refractivity contribution in [3.05, 3.63) is 23.8 Å². The standard InChI is InChI=1S/C13H17NO/c1-15-12-4-2-3-10-7-8-11(9-5-6-9)14-13(10)12/h2-4,9,11,14H,5-8H2,1H3. The molecule has 1 fully saturated rings. The molecular weight excluding hydrogens is 186 g/mol. The quantitative estimate of drug-likeness (QED) is 0.798. The Hall–Kier alpha value is -1.18. The van der Waals surface area contributed by atoms with Crippen LogP contribution < -0.4 is 10.1 Å². The van der Waals surface area contributed by atoms with Crippen LogP contribution >= 0.6 is 0 Å². The largest absolute Gasteiger partial charge is 0.495 e. The molecule has 15 heavy (non-hydrogen) atoms. The number of rotatable bonds is 2. The normalized spacial score (nSPS) is 24.2. The third-order valence-electron chi connectivity index (χ3n) is 3.58. The number of para-hydroxylation sites is 1. The number of anilines is 1. The van der Waals surface area contributed by atoms with Crippen LogP contribution in [0.4, 0.5) is 5.69 Å². The van der Waals surface area contributed by atoms with Crippen LogP contribution in [0.5, 0.6) is 5.75 Å². The molecule has 2 aliphatic rings. The van der Waals surface area contributed by atoms with Gasteiger partial charge in [-0.05, 0) is 43.2 Å². The molecule has 1 aromatic rings. The maximum Gasteiger partial charge on any atom is 0.142 e. The average molecular weight is 203 g/mol. The van der Waals surface area contributed by atoms with Gasteiger partial charge in [-0.1, -0.05) is 12.1 Å². The lowest BCUT2D eigenvalue weighted by Gasteiger charge is -2.28.